The van der Waals surface area contributed by atoms with Crippen molar-refractivity contribution in [2.75, 3.05) is 17.7 Å². The number of thioether (sulfide) groups is 1. The molecule has 33 heavy (non-hydrogen) atoms. The molecule has 0 spiro atoms. The van der Waals surface area contributed by atoms with Crippen LogP contribution < -0.4 is 10.6 Å². The fourth-order valence-corrected chi connectivity index (χ4v) is 5.78. The van der Waals surface area contributed by atoms with Gasteiger partial charge in [-0.15, -0.1) is 11.3 Å². The Balaban J connectivity index is 1.76. The van der Waals surface area contributed by atoms with E-state index < -0.39 is 11.5 Å². The van der Waals surface area contributed by atoms with Gasteiger partial charge in [0, 0.05) is 36.3 Å². The van der Waals surface area contributed by atoms with E-state index in [-0.39, 0.29) is 23.0 Å². The molecule has 3 rings (SSSR count). The van der Waals surface area contributed by atoms with Crippen LogP contribution in [-0.2, 0) is 25.5 Å². The second-order valence-electron chi connectivity index (χ2n) is 8.38. The SMILES string of the molecule is CCO[C@H]1CC[C@@](CSC(C)=O)(C(=O)N[C@@H](Cc2cccs2)C(=O)Nc2ccccc2)CC1. The highest BCUT2D eigenvalue weighted by atomic mass is 32.2. The lowest BCUT2D eigenvalue weighted by atomic mass is 9.73. The summed E-state index contributed by atoms with van der Waals surface area (Å²) in [6.45, 7) is 4.14. The molecule has 6 nitrogen and oxygen atoms in total. The maximum atomic E-state index is 13.6. The van der Waals surface area contributed by atoms with Crippen LogP contribution in [0.25, 0.3) is 0 Å². The Labute approximate surface area is 203 Å². The molecular weight excluding hydrogens is 456 g/mol. The standard InChI is InChI=1S/C25H32N2O4S2/c1-3-31-20-11-13-25(14-12-20,17-33-18(2)28)24(30)27-22(16-21-10-7-15-32-21)23(29)26-19-8-5-4-6-9-19/h4-10,15,20,22H,3,11-14,16-17H2,1-2H3,(H,26,29)(H,27,30)/t20-,22-,25+/m0/s1. The monoisotopic (exact) mass is 488 g/mol. The van der Waals surface area contributed by atoms with Crippen molar-refractivity contribution in [1.82, 2.24) is 5.32 Å². The number of nitrogens with one attached hydrogen (secondary N) is 2. The Hall–Kier alpha value is -2.16. The van der Waals surface area contributed by atoms with Crippen molar-refractivity contribution in [2.45, 2.75) is 58.1 Å². The molecule has 1 aromatic heterocycles. The number of rotatable bonds is 10. The molecule has 0 radical (unpaired) electrons. The van der Waals surface area contributed by atoms with Crippen LogP contribution in [0.2, 0.25) is 0 Å². The summed E-state index contributed by atoms with van der Waals surface area (Å²) >= 11 is 2.74. The van der Waals surface area contributed by atoms with Gasteiger partial charge in [0.2, 0.25) is 11.8 Å². The van der Waals surface area contributed by atoms with E-state index in [1.807, 2.05) is 54.8 Å². The molecule has 1 fully saturated rings. The highest BCUT2D eigenvalue weighted by Gasteiger charge is 2.43. The Morgan fingerprint density at radius 2 is 1.88 bits per heavy atom. The average Bonchev–Trinajstić information content (AvgIpc) is 3.32. The molecule has 1 aliphatic carbocycles. The molecule has 1 saturated carbocycles. The summed E-state index contributed by atoms with van der Waals surface area (Å²) < 4.78 is 5.77. The molecule has 0 saturated heterocycles. The van der Waals surface area contributed by atoms with Crippen molar-refractivity contribution in [3.05, 3.63) is 52.7 Å². The van der Waals surface area contributed by atoms with Crippen molar-refractivity contribution in [1.29, 1.82) is 0 Å². The molecule has 0 unspecified atom stereocenters. The minimum absolute atomic E-state index is 0.00828. The number of hydrogen-bond donors (Lipinski definition) is 2. The zero-order valence-electron chi connectivity index (χ0n) is 19.2. The third-order valence-corrected chi connectivity index (χ3v) is 7.98. The summed E-state index contributed by atoms with van der Waals surface area (Å²) in [5.41, 5.74) is -0.00278. The van der Waals surface area contributed by atoms with E-state index in [0.29, 0.717) is 37.3 Å². The first kappa shape index (κ1) is 25.5. The number of carbonyl (C=O) groups is 3. The number of para-hydroxylation sites is 1. The largest absolute Gasteiger partial charge is 0.379 e. The minimum Gasteiger partial charge on any atom is -0.379 e. The molecule has 0 aliphatic heterocycles. The first-order valence-electron chi connectivity index (χ1n) is 11.4. The van der Waals surface area contributed by atoms with Crippen LogP contribution in [0.1, 0.15) is 44.4 Å². The number of hydrogen-bond acceptors (Lipinski definition) is 6. The molecule has 2 amide bonds. The van der Waals surface area contributed by atoms with Gasteiger partial charge in [0.05, 0.1) is 11.5 Å². The number of carbonyl (C=O) groups excluding carboxylic acids is 3. The van der Waals surface area contributed by atoms with Gasteiger partial charge in [-0.25, -0.2) is 0 Å². The zero-order valence-corrected chi connectivity index (χ0v) is 20.8. The lowest BCUT2D eigenvalue weighted by Gasteiger charge is -2.39. The summed E-state index contributed by atoms with van der Waals surface area (Å²) in [5, 5.41) is 7.92. The zero-order chi connectivity index (χ0) is 23.7. The highest BCUT2D eigenvalue weighted by molar-refractivity contribution is 8.13. The molecule has 1 aliphatic rings. The predicted octanol–water partition coefficient (Wildman–Crippen LogP) is 4.66. The summed E-state index contributed by atoms with van der Waals surface area (Å²) in [4.78, 5) is 39.5. The van der Waals surface area contributed by atoms with Crippen LogP contribution in [0, 0.1) is 5.41 Å². The Kier molecular flexibility index (Phi) is 9.52. The second-order valence-corrected chi connectivity index (χ2v) is 10.6. The number of ether oxygens (including phenoxy) is 1. The fourth-order valence-electron chi connectivity index (χ4n) is 4.12. The third-order valence-electron chi connectivity index (χ3n) is 5.97. The van der Waals surface area contributed by atoms with Gasteiger partial charge >= 0.3 is 0 Å². The van der Waals surface area contributed by atoms with E-state index >= 15 is 0 Å². The molecule has 1 atom stereocenters. The lowest BCUT2D eigenvalue weighted by molar-refractivity contribution is -0.136. The molecule has 1 heterocycles. The van der Waals surface area contributed by atoms with Crippen molar-refractivity contribution in [3.63, 3.8) is 0 Å². The highest BCUT2D eigenvalue weighted by Crippen LogP contribution is 2.40. The molecule has 2 N–H and O–H groups in total. The molecule has 8 heteroatoms. The molecular formula is C25H32N2O4S2. The van der Waals surface area contributed by atoms with Crippen LogP contribution in [-0.4, -0.2) is 41.4 Å². The topological polar surface area (TPSA) is 84.5 Å². The van der Waals surface area contributed by atoms with Crippen LogP contribution in [0.3, 0.4) is 0 Å². The first-order chi connectivity index (χ1) is 15.9. The van der Waals surface area contributed by atoms with E-state index in [1.165, 1.54) is 18.7 Å². The number of benzene rings is 1. The van der Waals surface area contributed by atoms with Crippen LogP contribution in [0.5, 0.6) is 0 Å². The minimum atomic E-state index is -0.708. The van der Waals surface area contributed by atoms with Crippen LogP contribution in [0.4, 0.5) is 5.69 Å². The van der Waals surface area contributed by atoms with Gasteiger partial charge < -0.3 is 15.4 Å². The summed E-state index contributed by atoms with van der Waals surface area (Å²) in [6, 6.07) is 12.4. The van der Waals surface area contributed by atoms with Crippen molar-refractivity contribution < 1.29 is 19.1 Å². The van der Waals surface area contributed by atoms with Gasteiger partial charge in [-0.05, 0) is 56.2 Å². The van der Waals surface area contributed by atoms with E-state index in [4.69, 9.17) is 4.74 Å². The van der Waals surface area contributed by atoms with Gasteiger partial charge in [0.15, 0.2) is 5.12 Å². The average molecular weight is 489 g/mol. The first-order valence-corrected chi connectivity index (χ1v) is 13.2. The number of amides is 2. The van der Waals surface area contributed by atoms with Crippen molar-refractivity contribution in [3.8, 4) is 0 Å². The molecule has 1 aromatic carbocycles. The molecule has 2 aromatic rings. The van der Waals surface area contributed by atoms with E-state index in [9.17, 15) is 14.4 Å². The van der Waals surface area contributed by atoms with Crippen LogP contribution in [0.15, 0.2) is 47.8 Å². The van der Waals surface area contributed by atoms with Crippen molar-refractivity contribution >= 4 is 45.7 Å². The van der Waals surface area contributed by atoms with E-state index in [0.717, 1.165) is 17.7 Å². The molecule has 178 valence electrons. The van der Waals surface area contributed by atoms with Gasteiger partial charge in [-0.3, -0.25) is 14.4 Å². The van der Waals surface area contributed by atoms with E-state index in [2.05, 4.69) is 10.6 Å². The smallest absolute Gasteiger partial charge is 0.247 e. The maximum absolute atomic E-state index is 13.6. The Bertz CT molecular complexity index is 910. The normalized spacial score (nSPS) is 21.2. The van der Waals surface area contributed by atoms with Gasteiger partial charge in [-0.1, -0.05) is 36.0 Å². The summed E-state index contributed by atoms with van der Waals surface area (Å²) in [6.07, 6.45) is 3.36. The van der Waals surface area contributed by atoms with E-state index in [1.54, 1.807) is 11.3 Å². The van der Waals surface area contributed by atoms with Crippen LogP contribution >= 0.6 is 23.1 Å². The predicted molar refractivity (Wildman–Crippen MR) is 134 cm³/mol. The lowest BCUT2D eigenvalue weighted by Crippen LogP contribution is -2.53. The molecule has 0 bridgehead atoms. The number of anilines is 1. The quantitative estimate of drug-likeness (QED) is 0.508. The summed E-state index contributed by atoms with van der Waals surface area (Å²) in [5.74, 6) is 0.00950. The summed E-state index contributed by atoms with van der Waals surface area (Å²) in [7, 11) is 0. The maximum Gasteiger partial charge on any atom is 0.247 e. The number of thiophene rings is 1. The van der Waals surface area contributed by atoms with Gasteiger partial charge in [0.1, 0.15) is 6.04 Å². The third kappa shape index (κ3) is 7.42. The second kappa shape index (κ2) is 12.3. The fraction of sp³-hybridized carbons (Fsp3) is 0.480. The Morgan fingerprint density at radius 3 is 2.48 bits per heavy atom. The van der Waals surface area contributed by atoms with Gasteiger partial charge in [-0.2, -0.15) is 0 Å². The van der Waals surface area contributed by atoms with Gasteiger partial charge in [0.25, 0.3) is 0 Å². The van der Waals surface area contributed by atoms with Crippen molar-refractivity contribution in [2.24, 2.45) is 5.41 Å². The Morgan fingerprint density at radius 1 is 1.15 bits per heavy atom.